The van der Waals surface area contributed by atoms with Crippen molar-refractivity contribution in [2.75, 3.05) is 6.61 Å². The molecule has 0 aromatic carbocycles. The zero-order valence-electron chi connectivity index (χ0n) is 10.2. The summed E-state index contributed by atoms with van der Waals surface area (Å²) in [7, 11) is 0. The number of hydrogen-bond donors (Lipinski definition) is 1. The monoisotopic (exact) mass is 249 g/mol. The van der Waals surface area contributed by atoms with Gasteiger partial charge in [-0.25, -0.2) is 4.79 Å². The lowest BCUT2D eigenvalue weighted by molar-refractivity contribution is -0.148. The van der Waals surface area contributed by atoms with E-state index >= 15 is 0 Å². The molecule has 0 fully saturated rings. The topological polar surface area (TPSA) is 55.4 Å². The van der Waals surface area contributed by atoms with Gasteiger partial charge in [-0.2, -0.15) is 0 Å². The second-order valence-corrected chi connectivity index (χ2v) is 4.39. The molecule has 16 heavy (non-hydrogen) atoms. The highest BCUT2D eigenvalue weighted by molar-refractivity contribution is 6.30. The standard InChI is InChI=1S/C11H20ClNO3/c1-5-7(3)9(11(15)16-6-2)13-10(14)8(4)12/h7-9H,5-6H2,1-4H3,(H,13,14). The van der Waals surface area contributed by atoms with E-state index < -0.39 is 17.4 Å². The SMILES string of the molecule is CCOC(=O)C(NC(=O)C(C)Cl)C(C)CC. The molecule has 0 saturated carbocycles. The van der Waals surface area contributed by atoms with Crippen molar-refractivity contribution in [3.8, 4) is 0 Å². The van der Waals surface area contributed by atoms with Crippen molar-refractivity contribution in [1.82, 2.24) is 5.32 Å². The van der Waals surface area contributed by atoms with Crippen LogP contribution in [0.2, 0.25) is 0 Å². The minimum atomic E-state index is -0.652. The first kappa shape index (κ1) is 15.2. The van der Waals surface area contributed by atoms with Gasteiger partial charge in [0.25, 0.3) is 0 Å². The molecule has 3 atom stereocenters. The van der Waals surface area contributed by atoms with Crippen LogP contribution in [0.5, 0.6) is 0 Å². The lowest BCUT2D eigenvalue weighted by Crippen LogP contribution is -2.48. The van der Waals surface area contributed by atoms with Crippen LogP contribution in [0.1, 0.15) is 34.1 Å². The molecule has 3 unspecified atom stereocenters. The molecule has 0 bridgehead atoms. The van der Waals surface area contributed by atoms with Crippen molar-refractivity contribution < 1.29 is 14.3 Å². The Morgan fingerprint density at radius 1 is 1.31 bits per heavy atom. The van der Waals surface area contributed by atoms with Crippen LogP contribution in [0.4, 0.5) is 0 Å². The zero-order chi connectivity index (χ0) is 12.7. The fraction of sp³-hybridized carbons (Fsp3) is 0.818. The maximum atomic E-state index is 11.6. The van der Waals surface area contributed by atoms with Crippen LogP contribution in [0.25, 0.3) is 0 Å². The van der Waals surface area contributed by atoms with Crippen molar-refractivity contribution in [2.24, 2.45) is 5.92 Å². The van der Waals surface area contributed by atoms with Crippen LogP contribution in [0.15, 0.2) is 0 Å². The molecular formula is C11H20ClNO3. The number of rotatable bonds is 6. The van der Waals surface area contributed by atoms with E-state index in [2.05, 4.69) is 5.32 Å². The van der Waals surface area contributed by atoms with E-state index in [1.165, 1.54) is 0 Å². The number of halogens is 1. The van der Waals surface area contributed by atoms with Gasteiger partial charge in [0.2, 0.25) is 5.91 Å². The predicted octanol–water partition coefficient (Wildman–Crippen LogP) is 1.71. The smallest absolute Gasteiger partial charge is 0.328 e. The Balaban J connectivity index is 4.55. The molecule has 5 heteroatoms. The summed E-state index contributed by atoms with van der Waals surface area (Å²) in [6.07, 6.45) is 0.778. The highest BCUT2D eigenvalue weighted by Gasteiger charge is 2.28. The van der Waals surface area contributed by atoms with E-state index in [9.17, 15) is 9.59 Å². The van der Waals surface area contributed by atoms with Gasteiger partial charge in [-0.1, -0.05) is 20.3 Å². The summed E-state index contributed by atoms with van der Waals surface area (Å²) in [5.41, 5.74) is 0. The van der Waals surface area contributed by atoms with Crippen LogP contribution >= 0.6 is 11.6 Å². The van der Waals surface area contributed by atoms with Gasteiger partial charge in [-0.15, -0.1) is 11.6 Å². The highest BCUT2D eigenvalue weighted by Crippen LogP contribution is 2.10. The van der Waals surface area contributed by atoms with Crippen LogP contribution in [0.3, 0.4) is 0 Å². The lowest BCUT2D eigenvalue weighted by atomic mass is 9.99. The summed E-state index contributed by atoms with van der Waals surface area (Å²) in [4.78, 5) is 23.1. The second-order valence-electron chi connectivity index (χ2n) is 3.74. The molecule has 0 saturated heterocycles. The van der Waals surface area contributed by atoms with Crippen LogP contribution in [-0.2, 0) is 14.3 Å². The lowest BCUT2D eigenvalue weighted by Gasteiger charge is -2.22. The number of carbonyl (C=O) groups excluding carboxylic acids is 2. The van der Waals surface area contributed by atoms with Crippen molar-refractivity contribution >= 4 is 23.5 Å². The third-order valence-electron chi connectivity index (χ3n) is 2.41. The molecule has 1 N–H and O–H groups in total. The molecule has 0 aromatic heterocycles. The Labute approximate surface area is 102 Å². The van der Waals surface area contributed by atoms with Gasteiger partial charge in [0.1, 0.15) is 11.4 Å². The average Bonchev–Trinajstić information content (AvgIpc) is 2.24. The molecular weight excluding hydrogens is 230 g/mol. The Morgan fingerprint density at radius 2 is 1.88 bits per heavy atom. The van der Waals surface area contributed by atoms with Gasteiger partial charge in [0.05, 0.1) is 6.61 Å². The highest BCUT2D eigenvalue weighted by atomic mass is 35.5. The van der Waals surface area contributed by atoms with Crippen LogP contribution in [0, 0.1) is 5.92 Å². The maximum Gasteiger partial charge on any atom is 0.328 e. The number of hydrogen-bond acceptors (Lipinski definition) is 3. The first-order chi connectivity index (χ1) is 7.43. The van der Waals surface area contributed by atoms with Crippen molar-refractivity contribution in [1.29, 1.82) is 0 Å². The average molecular weight is 250 g/mol. The Morgan fingerprint density at radius 3 is 2.25 bits per heavy atom. The van der Waals surface area contributed by atoms with E-state index in [-0.39, 0.29) is 11.8 Å². The number of alkyl halides is 1. The molecule has 0 aliphatic carbocycles. The van der Waals surface area contributed by atoms with E-state index in [1.54, 1.807) is 13.8 Å². The molecule has 1 amide bonds. The van der Waals surface area contributed by atoms with Crippen LogP contribution < -0.4 is 5.32 Å². The molecule has 4 nitrogen and oxygen atoms in total. The maximum absolute atomic E-state index is 11.6. The number of amides is 1. The molecule has 0 radical (unpaired) electrons. The van der Waals surface area contributed by atoms with Crippen molar-refractivity contribution in [2.45, 2.75) is 45.5 Å². The van der Waals surface area contributed by atoms with Gasteiger partial charge in [-0.3, -0.25) is 4.79 Å². The minimum Gasteiger partial charge on any atom is -0.464 e. The Bertz CT molecular complexity index is 243. The quantitative estimate of drug-likeness (QED) is 0.576. The van der Waals surface area contributed by atoms with Gasteiger partial charge in [0.15, 0.2) is 0 Å². The number of esters is 1. The van der Waals surface area contributed by atoms with E-state index in [0.29, 0.717) is 6.61 Å². The van der Waals surface area contributed by atoms with E-state index in [1.807, 2.05) is 13.8 Å². The first-order valence-corrected chi connectivity index (χ1v) is 5.98. The fourth-order valence-corrected chi connectivity index (χ4v) is 1.23. The first-order valence-electron chi connectivity index (χ1n) is 5.55. The van der Waals surface area contributed by atoms with Gasteiger partial charge >= 0.3 is 5.97 Å². The number of carbonyl (C=O) groups is 2. The molecule has 0 aromatic rings. The Hall–Kier alpha value is -0.770. The third kappa shape index (κ3) is 4.84. The number of nitrogens with one attached hydrogen (secondary N) is 1. The Kier molecular flexibility index (Phi) is 7.13. The predicted molar refractivity (Wildman–Crippen MR) is 63.3 cm³/mol. The third-order valence-corrected chi connectivity index (χ3v) is 2.61. The van der Waals surface area contributed by atoms with E-state index in [4.69, 9.17) is 16.3 Å². The summed E-state index contributed by atoms with van der Waals surface area (Å²) in [5.74, 6) is -0.721. The van der Waals surface area contributed by atoms with Gasteiger partial charge in [-0.05, 0) is 19.8 Å². The van der Waals surface area contributed by atoms with Crippen molar-refractivity contribution in [3.05, 3.63) is 0 Å². The molecule has 94 valence electrons. The molecule has 0 spiro atoms. The summed E-state index contributed by atoms with van der Waals surface area (Å²) in [6.45, 7) is 7.44. The molecule has 0 aliphatic rings. The van der Waals surface area contributed by atoms with Crippen LogP contribution in [-0.4, -0.2) is 29.9 Å². The molecule has 0 rings (SSSR count). The minimum absolute atomic E-state index is 0.0263. The zero-order valence-corrected chi connectivity index (χ0v) is 11.0. The summed E-state index contributed by atoms with van der Waals surface area (Å²) in [5, 5.41) is 1.95. The molecule has 0 heterocycles. The van der Waals surface area contributed by atoms with Crippen molar-refractivity contribution in [3.63, 3.8) is 0 Å². The second kappa shape index (κ2) is 7.49. The summed E-state index contributed by atoms with van der Waals surface area (Å²) < 4.78 is 4.91. The van der Waals surface area contributed by atoms with Gasteiger partial charge in [0, 0.05) is 0 Å². The fourth-order valence-electron chi connectivity index (χ4n) is 1.17. The molecule has 0 aliphatic heterocycles. The number of ether oxygens (including phenoxy) is 1. The van der Waals surface area contributed by atoms with E-state index in [0.717, 1.165) is 6.42 Å². The normalized spacial score (nSPS) is 16.1. The largest absolute Gasteiger partial charge is 0.464 e. The summed E-state index contributed by atoms with van der Waals surface area (Å²) in [6, 6.07) is -0.612. The van der Waals surface area contributed by atoms with Gasteiger partial charge < -0.3 is 10.1 Å². The summed E-state index contributed by atoms with van der Waals surface area (Å²) >= 11 is 5.64.